The summed E-state index contributed by atoms with van der Waals surface area (Å²) in [4.78, 5) is 1.67. The first-order chi connectivity index (χ1) is 8.71. The summed E-state index contributed by atoms with van der Waals surface area (Å²) in [5, 5.41) is 18.7. The van der Waals surface area contributed by atoms with Gasteiger partial charge >= 0.3 is 0 Å². The van der Waals surface area contributed by atoms with Crippen LogP contribution in [0.15, 0.2) is 28.7 Å². The first-order valence-corrected chi connectivity index (χ1v) is 6.98. The fourth-order valence-corrected chi connectivity index (χ4v) is 3.67. The maximum Gasteiger partial charge on any atom is 0.118 e. The van der Waals surface area contributed by atoms with E-state index in [1.54, 1.807) is 7.11 Å². The topological polar surface area (TPSA) is 49.7 Å². The first kappa shape index (κ1) is 13.5. The van der Waals surface area contributed by atoms with Crippen LogP contribution in [0.2, 0.25) is 0 Å². The normalized spacial score (nSPS) is 10.7. The van der Waals surface area contributed by atoms with Crippen molar-refractivity contribution in [3.8, 4) is 16.9 Å². The minimum Gasteiger partial charge on any atom is -0.497 e. The van der Waals surface area contributed by atoms with Gasteiger partial charge in [0.25, 0.3) is 0 Å². The molecule has 96 valence electrons. The maximum absolute atomic E-state index is 9.40. The van der Waals surface area contributed by atoms with Crippen molar-refractivity contribution >= 4 is 27.3 Å². The number of aliphatic hydroxyl groups is 2. The molecule has 0 amide bonds. The fourth-order valence-electron chi connectivity index (χ4n) is 1.76. The molecule has 2 aromatic rings. The van der Waals surface area contributed by atoms with Crippen LogP contribution in [0.5, 0.6) is 5.75 Å². The second-order valence-electron chi connectivity index (χ2n) is 3.68. The Labute approximate surface area is 118 Å². The molecule has 0 saturated carbocycles. The van der Waals surface area contributed by atoms with E-state index in [0.29, 0.717) is 0 Å². The Kier molecular flexibility index (Phi) is 4.40. The molecule has 0 atom stereocenters. The number of benzene rings is 1. The second-order valence-corrected chi connectivity index (χ2v) is 5.66. The lowest BCUT2D eigenvalue weighted by atomic mass is 10.1. The van der Waals surface area contributed by atoms with Crippen molar-refractivity contribution in [2.45, 2.75) is 13.2 Å². The van der Waals surface area contributed by atoms with Crippen molar-refractivity contribution < 1.29 is 14.9 Å². The lowest BCUT2D eigenvalue weighted by molar-refractivity contribution is 0.284. The molecule has 0 unspecified atom stereocenters. The molecule has 0 aliphatic heterocycles. The van der Waals surface area contributed by atoms with Gasteiger partial charge < -0.3 is 14.9 Å². The Balaban J connectivity index is 2.51. The molecule has 0 fully saturated rings. The van der Waals surface area contributed by atoms with E-state index >= 15 is 0 Å². The lowest BCUT2D eigenvalue weighted by Gasteiger charge is -2.05. The third-order valence-electron chi connectivity index (χ3n) is 2.66. The molecule has 5 heteroatoms. The van der Waals surface area contributed by atoms with Gasteiger partial charge in [-0.25, -0.2) is 0 Å². The zero-order chi connectivity index (χ0) is 13.1. The van der Waals surface area contributed by atoms with Crippen LogP contribution in [0.25, 0.3) is 11.1 Å². The van der Waals surface area contributed by atoms with Crippen molar-refractivity contribution in [3.63, 3.8) is 0 Å². The monoisotopic (exact) mass is 328 g/mol. The molecule has 18 heavy (non-hydrogen) atoms. The molecule has 2 rings (SSSR count). The molecule has 3 nitrogen and oxygen atoms in total. The smallest absolute Gasteiger partial charge is 0.118 e. The Morgan fingerprint density at radius 3 is 2.22 bits per heavy atom. The van der Waals surface area contributed by atoms with E-state index in [1.807, 2.05) is 24.3 Å². The lowest BCUT2D eigenvalue weighted by Crippen LogP contribution is -1.86. The summed E-state index contributed by atoms with van der Waals surface area (Å²) in [7, 11) is 1.62. The van der Waals surface area contributed by atoms with Gasteiger partial charge in [-0.05, 0) is 33.6 Å². The number of aliphatic hydroxyl groups excluding tert-OH is 2. The first-order valence-electron chi connectivity index (χ1n) is 5.37. The summed E-state index contributed by atoms with van der Waals surface area (Å²) in [6.45, 7) is -0.0704. The van der Waals surface area contributed by atoms with E-state index in [4.69, 9.17) is 4.74 Å². The summed E-state index contributed by atoms with van der Waals surface area (Å²) >= 11 is 4.90. The third-order valence-corrected chi connectivity index (χ3v) is 4.95. The van der Waals surface area contributed by atoms with Crippen LogP contribution < -0.4 is 4.74 Å². The molecule has 0 bridgehead atoms. The molecular formula is C13H13BrO3S. The van der Waals surface area contributed by atoms with E-state index in [9.17, 15) is 10.2 Å². The van der Waals surface area contributed by atoms with Gasteiger partial charge in [-0.1, -0.05) is 12.1 Å². The highest BCUT2D eigenvalue weighted by Crippen LogP contribution is 2.41. The maximum atomic E-state index is 9.40. The molecular weight excluding hydrogens is 316 g/mol. The van der Waals surface area contributed by atoms with E-state index in [0.717, 1.165) is 31.1 Å². The number of ether oxygens (including phenoxy) is 1. The Hall–Kier alpha value is -0.880. The minimum absolute atomic E-state index is 0.0333. The van der Waals surface area contributed by atoms with Crippen LogP contribution in [0.4, 0.5) is 0 Å². The number of halogens is 1. The Bertz CT molecular complexity index is 534. The highest BCUT2D eigenvalue weighted by Gasteiger charge is 2.16. The predicted molar refractivity (Wildman–Crippen MR) is 75.9 cm³/mol. The van der Waals surface area contributed by atoms with Gasteiger partial charge in [0.1, 0.15) is 5.75 Å². The number of hydrogen-bond acceptors (Lipinski definition) is 4. The summed E-state index contributed by atoms with van der Waals surface area (Å²) in [5.41, 5.74) is 1.93. The largest absolute Gasteiger partial charge is 0.497 e. The average molecular weight is 329 g/mol. The van der Waals surface area contributed by atoms with Crippen molar-refractivity contribution in [2.24, 2.45) is 0 Å². The molecule has 1 aromatic carbocycles. The molecule has 0 spiro atoms. The summed E-state index contributed by atoms with van der Waals surface area (Å²) in [6.07, 6.45) is 0. The van der Waals surface area contributed by atoms with Crippen LogP contribution in [0.1, 0.15) is 9.75 Å². The summed E-state index contributed by atoms with van der Waals surface area (Å²) in [5.74, 6) is 0.790. The van der Waals surface area contributed by atoms with Crippen LogP contribution in [0, 0.1) is 0 Å². The van der Waals surface area contributed by atoms with Crippen LogP contribution >= 0.6 is 27.3 Å². The number of methoxy groups -OCH3 is 1. The summed E-state index contributed by atoms with van der Waals surface area (Å²) in [6, 6.07) is 7.62. The van der Waals surface area contributed by atoms with Gasteiger partial charge in [-0.2, -0.15) is 0 Å². The van der Waals surface area contributed by atoms with Crippen LogP contribution in [-0.2, 0) is 13.2 Å². The van der Waals surface area contributed by atoms with Crippen molar-refractivity contribution in [1.82, 2.24) is 0 Å². The van der Waals surface area contributed by atoms with Gasteiger partial charge in [-0.3, -0.25) is 0 Å². The van der Waals surface area contributed by atoms with E-state index in [2.05, 4.69) is 15.9 Å². The Morgan fingerprint density at radius 1 is 1.11 bits per heavy atom. The summed E-state index contributed by atoms with van der Waals surface area (Å²) < 4.78 is 5.97. The standard InChI is InChI=1S/C13H13BrO3S/c1-17-9-4-2-8(3-5-9)12-10(6-15)18-11(7-16)13(12)14/h2-5,15-16H,6-7H2,1H3. The van der Waals surface area contributed by atoms with Crippen LogP contribution in [0.3, 0.4) is 0 Å². The van der Waals surface area contributed by atoms with Crippen molar-refractivity contribution in [1.29, 1.82) is 0 Å². The zero-order valence-corrected chi connectivity index (χ0v) is 12.2. The third kappa shape index (κ3) is 2.44. The van der Waals surface area contributed by atoms with Crippen molar-refractivity contribution in [3.05, 3.63) is 38.5 Å². The minimum atomic E-state index is -0.0371. The second kappa shape index (κ2) is 5.84. The molecule has 0 aliphatic rings. The van der Waals surface area contributed by atoms with Gasteiger partial charge in [-0.15, -0.1) is 11.3 Å². The number of hydrogen-bond donors (Lipinski definition) is 2. The quantitative estimate of drug-likeness (QED) is 0.906. The van der Waals surface area contributed by atoms with E-state index in [1.165, 1.54) is 11.3 Å². The van der Waals surface area contributed by atoms with Crippen LogP contribution in [-0.4, -0.2) is 17.3 Å². The molecule has 0 saturated heterocycles. The molecule has 1 aromatic heterocycles. The van der Waals surface area contributed by atoms with Gasteiger partial charge in [0, 0.05) is 19.8 Å². The molecule has 0 aliphatic carbocycles. The van der Waals surface area contributed by atoms with Gasteiger partial charge in [0.05, 0.1) is 20.3 Å². The van der Waals surface area contributed by atoms with Gasteiger partial charge in [0.2, 0.25) is 0 Å². The average Bonchev–Trinajstić information content (AvgIpc) is 2.75. The zero-order valence-electron chi connectivity index (χ0n) is 9.81. The van der Waals surface area contributed by atoms with E-state index < -0.39 is 0 Å². The molecule has 0 radical (unpaired) electrons. The molecule has 2 N–H and O–H groups in total. The number of rotatable bonds is 4. The SMILES string of the molecule is COc1ccc(-c2c(CO)sc(CO)c2Br)cc1. The van der Waals surface area contributed by atoms with E-state index in [-0.39, 0.29) is 13.2 Å². The highest BCUT2D eigenvalue weighted by molar-refractivity contribution is 9.10. The fraction of sp³-hybridized carbons (Fsp3) is 0.231. The molecule has 1 heterocycles. The Morgan fingerprint density at radius 2 is 1.72 bits per heavy atom. The van der Waals surface area contributed by atoms with Gasteiger partial charge in [0.15, 0.2) is 0 Å². The van der Waals surface area contributed by atoms with Crippen molar-refractivity contribution in [2.75, 3.05) is 7.11 Å². The highest BCUT2D eigenvalue weighted by atomic mass is 79.9. The number of thiophene rings is 1. The predicted octanol–water partition coefficient (Wildman–Crippen LogP) is 3.17.